The zero-order chi connectivity index (χ0) is 17.6. The summed E-state index contributed by atoms with van der Waals surface area (Å²) < 4.78 is 40.7. The Morgan fingerprint density at radius 3 is 2.58 bits per heavy atom. The molecule has 1 saturated heterocycles. The molecule has 0 spiro atoms. The quantitative estimate of drug-likeness (QED) is 0.769. The van der Waals surface area contributed by atoms with E-state index in [1.807, 2.05) is 30.3 Å². The smallest absolute Gasteiger partial charge is 0.387 e. The van der Waals surface area contributed by atoms with Crippen LogP contribution in [0.1, 0.15) is 18.6 Å². The Labute approximate surface area is 140 Å². The number of halogens is 3. The minimum atomic E-state index is -4.26. The van der Waals surface area contributed by atoms with Crippen molar-refractivity contribution in [1.82, 2.24) is 9.80 Å². The molecule has 1 N–H and O–H groups in total. The lowest BCUT2D eigenvalue weighted by Gasteiger charge is -2.40. The molecule has 2 atom stereocenters. The first kappa shape index (κ1) is 19.2. The van der Waals surface area contributed by atoms with Crippen LogP contribution in [0.25, 0.3) is 0 Å². The molecule has 4 nitrogen and oxygen atoms in total. The van der Waals surface area contributed by atoms with Gasteiger partial charge >= 0.3 is 6.18 Å². The summed E-state index contributed by atoms with van der Waals surface area (Å²) in [4.78, 5) is 4.32. The highest BCUT2D eigenvalue weighted by Gasteiger charge is 2.28. The fraction of sp³-hybridized carbons (Fsp3) is 0.647. The predicted octanol–water partition coefficient (Wildman–Crippen LogP) is 2.31. The zero-order valence-electron chi connectivity index (χ0n) is 13.9. The summed E-state index contributed by atoms with van der Waals surface area (Å²) in [6.07, 6.45) is -4.80. The van der Waals surface area contributed by atoms with Gasteiger partial charge in [0.05, 0.1) is 12.7 Å². The van der Waals surface area contributed by atoms with Gasteiger partial charge in [-0.2, -0.15) is 13.2 Å². The third-order valence-corrected chi connectivity index (χ3v) is 4.26. The monoisotopic (exact) mass is 346 g/mol. The molecule has 2 rings (SSSR count). The van der Waals surface area contributed by atoms with E-state index in [0.717, 1.165) is 25.2 Å². The number of ether oxygens (including phenoxy) is 1. The number of nitrogens with zero attached hydrogens (tertiary/aromatic N) is 2. The van der Waals surface area contributed by atoms with E-state index < -0.39 is 18.9 Å². The number of hydrogen-bond acceptors (Lipinski definition) is 4. The lowest BCUT2D eigenvalue weighted by atomic mass is 10.1. The normalized spacial score (nSPS) is 21.8. The molecule has 24 heavy (non-hydrogen) atoms. The zero-order valence-corrected chi connectivity index (χ0v) is 13.9. The van der Waals surface area contributed by atoms with Crippen LogP contribution in [-0.2, 0) is 4.74 Å². The van der Waals surface area contributed by atoms with E-state index in [0.29, 0.717) is 13.1 Å². The van der Waals surface area contributed by atoms with Crippen molar-refractivity contribution >= 4 is 0 Å². The maximum absolute atomic E-state index is 12.0. The number of benzene rings is 1. The first-order valence-corrected chi connectivity index (χ1v) is 8.19. The molecule has 1 aliphatic rings. The van der Waals surface area contributed by atoms with Crippen LogP contribution in [0, 0.1) is 0 Å². The first-order chi connectivity index (χ1) is 11.3. The molecular weight excluding hydrogens is 321 g/mol. The van der Waals surface area contributed by atoms with Gasteiger partial charge in [0.25, 0.3) is 0 Å². The molecule has 0 saturated carbocycles. The van der Waals surface area contributed by atoms with Gasteiger partial charge in [0, 0.05) is 38.8 Å². The summed E-state index contributed by atoms with van der Waals surface area (Å²) in [5.41, 5.74) is 0.896. The van der Waals surface area contributed by atoms with Crippen molar-refractivity contribution in [2.75, 3.05) is 45.9 Å². The molecule has 0 aromatic heterocycles. The van der Waals surface area contributed by atoms with Gasteiger partial charge in [0.15, 0.2) is 0 Å². The highest BCUT2D eigenvalue weighted by atomic mass is 19.4. The minimum absolute atomic E-state index is 0.0822. The Bertz CT molecular complexity index is 484. The van der Waals surface area contributed by atoms with Gasteiger partial charge in [-0.3, -0.25) is 9.80 Å². The molecule has 1 aromatic carbocycles. The molecule has 1 aliphatic heterocycles. The number of aliphatic hydroxyl groups is 1. The first-order valence-electron chi connectivity index (χ1n) is 8.19. The molecule has 0 radical (unpaired) electrons. The SMILES string of the molecule is C[C@H]1CN(CCOCC(F)(F)F)CCN1C[C@@H](O)c1ccccc1. The highest BCUT2D eigenvalue weighted by molar-refractivity contribution is 5.17. The van der Waals surface area contributed by atoms with Crippen LogP contribution in [0.3, 0.4) is 0 Å². The molecule has 7 heteroatoms. The van der Waals surface area contributed by atoms with Crippen molar-refractivity contribution in [3.05, 3.63) is 35.9 Å². The van der Waals surface area contributed by atoms with E-state index in [4.69, 9.17) is 0 Å². The molecule has 0 unspecified atom stereocenters. The van der Waals surface area contributed by atoms with Gasteiger partial charge in [-0.25, -0.2) is 0 Å². The van der Waals surface area contributed by atoms with E-state index >= 15 is 0 Å². The summed E-state index contributed by atoms with van der Waals surface area (Å²) in [7, 11) is 0. The van der Waals surface area contributed by atoms with Gasteiger partial charge in [-0.1, -0.05) is 30.3 Å². The molecular formula is C17H25F3N2O2. The van der Waals surface area contributed by atoms with Crippen molar-refractivity contribution in [3.63, 3.8) is 0 Å². The molecule has 0 bridgehead atoms. The number of alkyl halides is 3. The largest absolute Gasteiger partial charge is 0.411 e. The van der Waals surface area contributed by atoms with E-state index in [1.165, 1.54) is 0 Å². The second-order valence-corrected chi connectivity index (χ2v) is 6.24. The topological polar surface area (TPSA) is 35.9 Å². The molecule has 1 aromatic rings. The number of piperazine rings is 1. The molecule has 0 amide bonds. The second kappa shape index (κ2) is 8.80. The standard InChI is InChI=1S/C17H25F3N2O2/c1-14-11-21(9-10-24-13-17(18,19)20)7-8-22(14)12-16(23)15-5-3-2-4-6-15/h2-6,14,16,23H,7-13H2,1H3/t14-,16+/m0/s1. The summed E-state index contributed by atoms with van der Waals surface area (Å²) in [6, 6.07) is 9.77. The van der Waals surface area contributed by atoms with Gasteiger partial charge in [0.2, 0.25) is 0 Å². The van der Waals surface area contributed by atoms with Crippen LogP contribution >= 0.6 is 0 Å². The fourth-order valence-corrected chi connectivity index (χ4v) is 2.93. The summed E-state index contributed by atoms with van der Waals surface area (Å²) >= 11 is 0. The van der Waals surface area contributed by atoms with Gasteiger partial charge in [0.1, 0.15) is 6.61 Å². The highest BCUT2D eigenvalue weighted by Crippen LogP contribution is 2.18. The van der Waals surface area contributed by atoms with E-state index in [9.17, 15) is 18.3 Å². The van der Waals surface area contributed by atoms with Crippen LogP contribution in [-0.4, -0.2) is 73.1 Å². The maximum Gasteiger partial charge on any atom is 0.411 e. The second-order valence-electron chi connectivity index (χ2n) is 6.24. The Hall–Kier alpha value is -1.15. The fourth-order valence-electron chi connectivity index (χ4n) is 2.93. The van der Waals surface area contributed by atoms with Gasteiger partial charge in [-0.05, 0) is 12.5 Å². The maximum atomic E-state index is 12.0. The van der Waals surface area contributed by atoms with E-state index in [1.54, 1.807) is 0 Å². The van der Waals surface area contributed by atoms with Gasteiger partial charge in [-0.15, -0.1) is 0 Å². The van der Waals surface area contributed by atoms with E-state index in [2.05, 4.69) is 21.5 Å². The van der Waals surface area contributed by atoms with Crippen molar-refractivity contribution in [2.24, 2.45) is 0 Å². The number of β-amino-alcohol motifs (C(OH)–C–C–N with tert-alkyl or cyclic N) is 1. The number of aliphatic hydroxyl groups excluding tert-OH is 1. The lowest BCUT2D eigenvalue weighted by Crippen LogP contribution is -2.53. The third-order valence-electron chi connectivity index (χ3n) is 4.26. The molecule has 0 aliphatic carbocycles. The molecule has 1 fully saturated rings. The summed E-state index contributed by atoms with van der Waals surface area (Å²) in [5, 5.41) is 10.3. The van der Waals surface area contributed by atoms with E-state index in [-0.39, 0.29) is 12.6 Å². The minimum Gasteiger partial charge on any atom is -0.387 e. The predicted molar refractivity (Wildman–Crippen MR) is 85.8 cm³/mol. The van der Waals surface area contributed by atoms with Crippen LogP contribution in [0.2, 0.25) is 0 Å². The number of hydrogen-bond donors (Lipinski definition) is 1. The average molecular weight is 346 g/mol. The van der Waals surface area contributed by atoms with Crippen LogP contribution < -0.4 is 0 Å². The summed E-state index contributed by atoms with van der Waals surface area (Å²) in [5.74, 6) is 0. The van der Waals surface area contributed by atoms with Crippen molar-refractivity contribution in [3.8, 4) is 0 Å². The Morgan fingerprint density at radius 1 is 1.25 bits per heavy atom. The van der Waals surface area contributed by atoms with Gasteiger partial charge < -0.3 is 9.84 Å². The Morgan fingerprint density at radius 2 is 1.96 bits per heavy atom. The van der Waals surface area contributed by atoms with Crippen LogP contribution in [0.15, 0.2) is 30.3 Å². The van der Waals surface area contributed by atoms with Crippen molar-refractivity contribution in [1.29, 1.82) is 0 Å². The van der Waals surface area contributed by atoms with Crippen LogP contribution in [0.5, 0.6) is 0 Å². The lowest BCUT2D eigenvalue weighted by molar-refractivity contribution is -0.174. The Kier molecular flexibility index (Phi) is 7.03. The van der Waals surface area contributed by atoms with Crippen molar-refractivity contribution < 1.29 is 23.0 Å². The Balaban J connectivity index is 1.71. The molecule has 1 heterocycles. The third kappa shape index (κ3) is 6.39. The van der Waals surface area contributed by atoms with Crippen molar-refractivity contribution in [2.45, 2.75) is 25.2 Å². The number of rotatable bonds is 7. The molecule has 136 valence electrons. The average Bonchev–Trinajstić information content (AvgIpc) is 2.54. The summed E-state index contributed by atoms with van der Waals surface area (Å²) in [6.45, 7) is 4.33. The van der Waals surface area contributed by atoms with Crippen LogP contribution in [0.4, 0.5) is 13.2 Å².